The van der Waals surface area contributed by atoms with Crippen LogP contribution in [-0.2, 0) is 16.5 Å². The fourth-order valence-corrected chi connectivity index (χ4v) is 7.61. The summed E-state index contributed by atoms with van der Waals surface area (Å²) in [5.41, 5.74) is 2.07. The molecule has 2 aromatic carbocycles. The van der Waals surface area contributed by atoms with Crippen molar-refractivity contribution in [1.29, 1.82) is 0 Å². The van der Waals surface area contributed by atoms with Crippen LogP contribution in [0.1, 0.15) is 159 Å². The summed E-state index contributed by atoms with van der Waals surface area (Å²) in [6.07, 6.45) is 28.1. The smallest absolute Gasteiger partial charge is 0.282 e. The Morgan fingerprint density at radius 3 is 1.74 bits per heavy atom. The highest BCUT2D eigenvalue weighted by atomic mass is 32.2. The number of hydrogen-bond donors (Lipinski definition) is 1. The van der Waals surface area contributed by atoms with Gasteiger partial charge in [-0.05, 0) is 48.1 Å². The first-order valence-electron chi connectivity index (χ1n) is 16.0. The van der Waals surface area contributed by atoms with E-state index in [0.29, 0.717) is 5.39 Å². The Bertz CT molecular complexity index is 1040. The summed E-state index contributed by atoms with van der Waals surface area (Å²) in [6.45, 7) is 2.28. The molecule has 3 rings (SSSR count). The van der Waals surface area contributed by atoms with Crippen LogP contribution in [0.25, 0.3) is 10.8 Å². The third-order valence-corrected chi connectivity index (χ3v) is 9.65. The number of aryl methyl sites for hydroxylation is 1. The van der Waals surface area contributed by atoms with Crippen LogP contribution in [0.2, 0.25) is 0 Å². The zero-order valence-corrected chi connectivity index (χ0v) is 25.0. The Hall–Kier alpha value is -1.39. The van der Waals surface area contributed by atoms with Crippen LogP contribution in [0, 0.1) is 0 Å². The van der Waals surface area contributed by atoms with E-state index in [-0.39, 0.29) is 10.8 Å². The average Bonchev–Trinajstić information content (AvgIpc) is 2.92. The number of unbranched alkanes of at least 4 members (excludes halogenated alkanes) is 15. The molecule has 0 radical (unpaired) electrons. The highest BCUT2D eigenvalue weighted by Gasteiger charge is 2.28. The van der Waals surface area contributed by atoms with E-state index in [1.165, 1.54) is 103 Å². The molecule has 2 aromatic rings. The van der Waals surface area contributed by atoms with Gasteiger partial charge in [-0.25, -0.2) is 0 Å². The summed E-state index contributed by atoms with van der Waals surface area (Å²) in [7, 11) is -4.29. The minimum absolute atomic E-state index is 0.189. The van der Waals surface area contributed by atoms with Gasteiger partial charge in [-0.1, -0.05) is 153 Å². The normalized spacial score (nSPS) is 14.9. The second kappa shape index (κ2) is 17.3. The molecule has 1 fully saturated rings. The van der Waals surface area contributed by atoms with Gasteiger partial charge < -0.3 is 0 Å². The lowest BCUT2D eigenvalue weighted by Crippen LogP contribution is -2.14. The van der Waals surface area contributed by atoms with E-state index in [0.717, 1.165) is 55.0 Å². The van der Waals surface area contributed by atoms with Crippen molar-refractivity contribution < 1.29 is 13.0 Å². The van der Waals surface area contributed by atoms with Crippen LogP contribution < -0.4 is 0 Å². The molecule has 0 bridgehead atoms. The Labute approximate surface area is 233 Å². The molecular formula is C34H54O3S. The average molecular weight is 543 g/mol. The van der Waals surface area contributed by atoms with Crippen molar-refractivity contribution in [2.45, 2.75) is 159 Å². The Balaban J connectivity index is 1.42. The predicted molar refractivity (Wildman–Crippen MR) is 163 cm³/mol. The largest absolute Gasteiger partial charge is 0.295 e. The minimum Gasteiger partial charge on any atom is -0.282 e. The van der Waals surface area contributed by atoms with Crippen LogP contribution in [0.3, 0.4) is 0 Å². The molecule has 1 aliphatic carbocycles. The predicted octanol–water partition coefficient (Wildman–Crippen LogP) is 10.9. The van der Waals surface area contributed by atoms with Crippen LogP contribution in [-0.4, -0.2) is 13.0 Å². The van der Waals surface area contributed by atoms with Gasteiger partial charge in [0.1, 0.15) is 4.90 Å². The second-order valence-corrected chi connectivity index (χ2v) is 13.2. The Morgan fingerprint density at radius 1 is 0.711 bits per heavy atom. The molecule has 214 valence electrons. The minimum atomic E-state index is -4.29. The molecule has 0 spiro atoms. The molecule has 1 N–H and O–H groups in total. The van der Waals surface area contributed by atoms with Crippen LogP contribution in [0.5, 0.6) is 0 Å². The highest BCUT2D eigenvalue weighted by molar-refractivity contribution is 7.86. The van der Waals surface area contributed by atoms with Crippen molar-refractivity contribution in [3.8, 4) is 0 Å². The topological polar surface area (TPSA) is 54.4 Å². The summed E-state index contributed by atoms with van der Waals surface area (Å²) in [5, 5.41) is 1.59. The van der Waals surface area contributed by atoms with Gasteiger partial charge in [0.25, 0.3) is 10.1 Å². The number of benzene rings is 2. The highest BCUT2D eigenvalue weighted by Crippen LogP contribution is 2.41. The molecule has 0 atom stereocenters. The van der Waals surface area contributed by atoms with Gasteiger partial charge in [-0.15, -0.1) is 0 Å². The van der Waals surface area contributed by atoms with Crippen molar-refractivity contribution in [3.05, 3.63) is 41.5 Å². The van der Waals surface area contributed by atoms with E-state index < -0.39 is 10.1 Å². The van der Waals surface area contributed by atoms with E-state index in [9.17, 15) is 13.0 Å². The van der Waals surface area contributed by atoms with Gasteiger partial charge in [-0.2, -0.15) is 8.42 Å². The van der Waals surface area contributed by atoms with Crippen molar-refractivity contribution in [1.82, 2.24) is 0 Å². The molecule has 1 saturated carbocycles. The van der Waals surface area contributed by atoms with Crippen LogP contribution >= 0.6 is 0 Å². The van der Waals surface area contributed by atoms with Gasteiger partial charge in [0.2, 0.25) is 0 Å². The second-order valence-electron chi connectivity index (χ2n) is 11.9. The quantitative estimate of drug-likeness (QED) is 0.142. The number of hydrogen-bond acceptors (Lipinski definition) is 2. The summed E-state index contributed by atoms with van der Waals surface area (Å²) < 4.78 is 35.6. The Morgan fingerprint density at radius 2 is 1.21 bits per heavy atom. The van der Waals surface area contributed by atoms with Crippen molar-refractivity contribution in [2.24, 2.45) is 0 Å². The monoisotopic (exact) mass is 542 g/mol. The van der Waals surface area contributed by atoms with Gasteiger partial charge in [-0.3, -0.25) is 4.55 Å². The lowest BCUT2D eigenvalue weighted by atomic mass is 9.80. The third kappa shape index (κ3) is 10.3. The molecule has 0 saturated heterocycles. The van der Waals surface area contributed by atoms with Gasteiger partial charge >= 0.3 is 0 Å². The van der Waals surface area contributed by atoms with Gasteiger partial charge in [0.15, 0.2) is 0 Å². The molecule has 0 unspecified atom stereocenters. The molecule has 1 aliphatic rings. The number of rotatable bonds is 19. The van der Waals surface area contributed by atoms with E-state index in [2.05, 4.69) is 13.0 Å². The maximum atomic E-state index is 12.6. The van der Waals surface area contributed by atoms with Gasteiger partial charge in [0, 0.05) is 5.39 Å². The zero-order valence-electron chi connectivity index (χ0n) is 24.2. The molecule has 4 heteroatoms. The lowest BCUT2D eigenvalue weighted by molar-refractivity contribution is 0.432. The van der Waals surface area contributed by atoms with E-state index in [4.69, 9.17) is 0 Å². The van der Waals surface area contributed by atoms with E-state index in [1.54, 1.807) is 0 Å². The summed E-state index contributed by atoms with van der Waals surface area (Å²) in [5.74, 6) is 0.237. The van der Waals surface area contributed by atoms with Gasteiger partial charge in [0.05, 0.1) is 0 Å². The third-order valence-electron chi connectivity index (χ3n) is 8.70. The first-order valence-corrected chi connectivity index (χ1v) is 17.5. The molecule has 0 aliphatic heterocycles. The molecule has 0 amide bonds. The van der Waals surface area contributed by atoms with Crippen LogP contribution in [0.4, 0.5) is 0 Å². The zero-order chi connectivity index (χ0) is 27.1. The van der Waals surface area contributed by atoms with E-state index >= 15 is 0 Å². The van der Waals surface area contributed by atoms with Crippen molar-refractivity contribution >= 4 is 20.9 Å². The van der Waals surface area contributed by atoms with Crippen molar-refractivity contribution in [3.63, 3.8) is 0 Å². The summed E-state index contributed by atoms with van der Waals surface area (Å²) in [4.78, 5) is 0.189. The fourth-order valence-electron chi connectivity index (χ4n) is 6.57. The SMILES string of the molecule is CCCCCCCCCCCCCCCCCCc1cc2ccccc2c(S(=O)(=O)O)c1C1CCCCC1. The Kier molecular flexibility index (Phi) is 14.2. The van der Waals surface area contributed by atoms with Crippen molar-refractivity contribution in [2.75, 3.05) is 0 Å². The molecule has 38 heavy (non-hydrogen) atoms. The number of fused-ring (bicyclic) bond motifs is 1. The maximum absolute atomic E-state index is 12.6. The lowest BCUT2D eigenvalue weighted by Gasteiger charge is -2.27. The first kappa shape index (κ1) is 31.1. The first-order chi connectivity index (χ1) is 18.5. The van der Waals surface area contributed by atoms with E-state index in [1.807, 2.05) is 24.3 Å². The standard InChI is InChI=1S/C34H54O3S/c1-2-3-4-5-6-7-8-9-10-11-12-13-14-15-16-18-26-31-28-30-25-21-22-27-32(30)34(38(35,36)37)33(31)29-23-19-17-20-24-29/h21-22,25,27-29H,2-20,23-24,26H2,1H3,(H,35,36,37). The van der Waals surface area contributed by atoms with Crippen LogP contribution in [0.15, 0.2) is 35.2 Å². The summed E-state index contributed by atoms with van der Waals surface area (Å²) in [6, 6.07) is 9.86. The molecule has 3 nitrogen and oxygen atoms in total. The summed E-state index contributed by atoms with van der Waals surface area (Å²) >= 11 is 0. The molecule has 0 aromatic heterocycles. The fraction of sp³-hybridized carbons (Fsp3) is 0.706. The maximum Gasteiger partial charge on any atom is 0.295 e. The molecule has 0 heterocycles. The molecular weight excluding hydrogens is 488 g/mol.